The van der Waals surface area contributed by atoms with Crippen molar-refractivity contribution in [2.24, 2.45) is 0 Å². The van der Waals surface area contributed by atoms with E-state index in [9.17, 15) is 17.2 Å². The third-order valence-electron chi connectivity index (χ3n) is 5.94. The van der Waals surface area contributed by atoms with E-state index in [2.05, 4.69) is 5.32 Å². The summed E-state index contributed by atoms with van der Waals surface area (Å²) in [6.07, 6.45) is 0. The Balaban J connectivity index is 1.45. The van der Waals surface area contributed by atoms with Crippen LogP contribution in [0.1, 0.15) is 11.5 Å². The first-order valence-electron chi connectivity index (χ1n) is 10.6. The van der Waals surface area contributed by atoms with E-state index in [0.29, 0.717) is 30.4 Å². The van der Waals surface area contributed by atoms with Gasteiger partial charge in [0.25, 0.3) is 0 Å². The molecule has 9 heteroatoms. The molecule has 1 saturated heterocycles. The molecule has 1 N–H and O–H groups in total. The van der Waals surface area contributed by atoms with E-state index < -0.39 is 21.7 Å². The molecule has 2 aliphatic rings. The Bertz CT molecular complexity index is 1270. The highest BCUT2D eigenvalue weighted by Crippen LogP contribution is 2.37. The number of rotatable bonds is 5. The minimum absolute atomic E-state index is 0.118. The monoisotopic (exact) mass is 472 g/mol. The van der Waals surface area contributed by atoms with E-state index in [1.54, 1.807) is 6.07 Å². The predicted octanol–water partition coefficient (Wildman–Crippen LogP) is 4.00. The largest absolute Gasteiger partial charge is 0.486 e. The van der Waals surface area contributed by atoms with Gasteiger partial charge < -0.3 is 14.8 Å². The molecule has 0 radical (unpaired) electrons. The molecular weight excluding hydrogens is 450 g/mol. The number of fused-ring (bicyclic) bond motifs is 1. The summed E-state index contributed by atoms with van der Waals surface area (Å²) in [6.45, 7) is 1.18. The maximum atomic E-state index is 13.8. The molecule has 0 saturated carbocycles. The molecule has 2 heterocycles. The third kappa shape index (κ3) is 4.26. The van der Waals surface area contributed by atoms with E-state index in [1.807, 2.05) is 30.3 Å². The van der Waals surface area contributed by atoms with Gasteiger partial charge in [-0.15, -0.1) is 0 Å². The highest BCUT2D eigenvalue weighted by molar-refractivity contribution is 7.89. The number of anilines is 1. The first-order chi connectivity index (χ1) is 15.9. The number of ether oxygens (including phenoxy) is 2. The average Bonchev–Trinajstić information content (AvgIpc) is 3.26. The molecule has 172 valence electrons. The van der Waals surface area contributed by atoms with Crippen LogP contribution in [-0.2, 0) is 10.0 Å². The maximum Gasteiger partial charge on any atom is 0.243 e. The molecule has 0 bridgehead atoms. The molecule has 0 spiro atoms. The summed E-state index contributed by atoms with van der Waals surface area (Å²) < 4.78 is 66.5. The molecule has 0 aromatic heterocycles. The van der Waals surface area contributed by atoms with Crippen molar-refractivity contribution in [2.45, 2.75) is 16.9 Å². The molecule has 6 nitrogen and oxygen atoms in total. The summed E-state index contributed by atoms with van der Waals surface area (Å²) in [5.41, 5.74) is 1.34. The van der Waals surface area contributed by atoms with Crippen LogP contribution < -0.4 is 14.8 Å². The normalized spacial score (nSPS) is 20.5. The second-order valence-electron chi connectivity index (χ2n) is 8.02. The molecule has 3 aromatic rings. The highest BCUT2D eigenvalue weighted by atomic mass is 32.2. The third-order valence-corrected chi connectivity index (χ3v) is 7.76. The Labute approximate surface area is 190 Å². The topological polar surface area (TPSA) is 67.9 Å². The molecule has 2 aliphatic heterocycles. The van der Waals surface area contributed by atoms with Crippen LogP contribution in [0.3, 0.4) is 0 Å². The van der Waals surface area contributed by atoms with Gasteiger partial charge in [-0.25, -0.2) is 17.2 Å². The molecule has 0 aliphatic carbocycles. The fourth-order valence-electron chi connectivity index (χ4n) is 4.28. The molecule has 2 atom stereocenters. The second kappa shape index (κ2) is 8.64. The first-order valence-corrected chi connectivity index (χ1v) is 12.0. The fraction of sp³-hybridized carbons (Fsp3) is 0.250. The summed E-state index contributed by atoms with van der Waals surface area (Å²) in [7, 11) is -3.83. The molecule has 3 aromatic carbocycles. The van der Waals surface area contributed by atoms with Crippen LogP contribution >= 0.6 is 0 Å². The van der Waals surface area contributed by atoms with Crippen molar-refractivity contribution in [1.29, 1.82) is 0 Å². The Morgan fingerprint density at radius 1 is 0.848 bits per heavy atom. The summed E-state index contributed by atoms with van der Waals surface area (Å²) in [6, 6.07) is 17.4. The Morgan fingerprint density at radius 2 is 1.61 bits per heavy atom. The lowest BCUT2D eigenvalue weighted by molar-refractivity contribution is 0.171. The van der Waals surface area contributed by atoms with Crippen LogP contribution in [0.4, 0.5) is 14.5 Å². The zero-order valence-electron chi connectivity index (χ0n) is 17.6. The van der Waals surface area contributed by atoms with Crippen molar-refractivity contribution >= 4 is 15.7 Å². The number of benzene rings is 3. The molecule has 2 unspecified atom stereocenters. The first kappa shape index (κ1) is 21.7. The summed E-state index contributed by atoms with van der Waals surface area (Å²) in [5, 5.41) is 3.20. The van der Waals surface area contributed by atoms with Crippen molar-refractivity contribution in [3.8, 4) is 11.5 Å². The van der Waals surface area contributed by atoms with Crippen molar-refractivity contribution in [1.82, 2.24) is 4.31 Å². The van der Waals surface area contributed by atoms with Gasteiger partial charge in [-0.2, -0.15) is 4.31 Å². The van der Waals surface area contributed by atoms with Gasteiger partial charge in [0.2, 0.25) is 10.0 Å². The Hall–Kier alpha value is -3.17. The maximum absolute atomic E-state index is 13.8. The van der Waals surface area contributed by atoms with Gasteiger partial charge in [0, 0.05) is 42.9 Å². The van der Waals surface area contributed by atoms with Crippen LogP contribution in [0.5, 0.6) is 11.5 Å². The quantitative estimate of drug-likeness (QED) is 0.608. The van der Waals surface area contributed by atoms with E-state index in [0.717, 1.165) is 17.7 Å². The zero-order chi connectivity index (χ0) is 23.0. The lowest BCUT2D eigenvalue weighted by Crippen LogP contribution is -2.32. The van der Waals surface area contributed by atoms with Crippen LogP contribution in [0.15, 0.2) is 71.6 Å². The highest BCUT2D eigenvalue weighted by Gasteiger charge is 2.40. The molecule has 33 heavy (non-hydrogen) atoms. The number of nitrogens with zero attached hydrogens (tertiary/aromatic N) is 1. The van der Waals surface area contributed by atoms with Gasteiger partial charge in [0.15, 0.2) is 23.1 Å². The molecule has 5 rings (SSSR count). The molecular formula is C24H22F2N2O4S. The summed E-state index contributed by atoms with van der Waals surface area (Å²) >= 11 is 0. The van der Waals surface area contributed by atoms with Crippen LogP contribution in [0, 0.1) is 11.6 Å². The van der Waals surface area contributed by atoms with E-state index in [1.165, 1.54) is 22.5 Å². The van der Waals surface area contributed by atoms with Crippen molar-refractivity contribution in [2.75, 3.05) is 31.6 Å². The Morgan fingerprint density at radius 3 is 2.36 bits per heavy atom. The van der Waals surface area contributed by atoms with Crippen molar-refractivity contribution < 1.29 is 26.7 Å². The second-order valence-corrected chi connectivity index (χ2v) is 9.96. The molecule has 0 amide bonds. The van der Waals surface area contributed by atoms with Gasteiger partial charge >= 0.3 is 0 Å². The van der Waals surface area contributed by atoms with Gasteiger partial charge in [0.1, 0.15) is 13.2 Å². The van der Waals surface area contributed by atoms with Crippen LogP contribution in [-0.4, -0.2) is 45.1 Å². The number of sulfonamides is 1. The number of halogens is 2. The van der Waals surface area contributed by atoms with Crippen LogP contribution in [0.2, 0.25) is 0 Å². The Kier molecular flexibility index (Phi) is 5.67. The number of hydrogen-bond donors (Lipinski definition) is 1. The summed E-state index contributed by atoms with van der Waals surface area (Å²) in [4.78, 5) is 0.118. The van der Waals surface area contributed by atoms with Gasteiger partial charge in [0.05, 0.1) is 4.90 Å². The lowest BCUT2D eigenvalue weighted by Gasteiger charge is -2.21. The standard InChI is InChI=1S/C24H22F2N2O4S/c25-20-8-6-17(12-21(20)26)27-22-15-28(14-19(22)16-4-2-1-3-5-16)33(29,30)18-7-9-23-24(13-18)32-11-10-31-23/h1-9,12-13,19,22,27H,10-11,14-15H2. The SMILES string of the molecule is O=S(=O)(c1ccc2c(c1)OCCO2)N1CC(Nc2ccc(F)c(F)c2)C(c2ccccc2)C1. The van der Waals surface area contributed by atoms with Gasteiger partial charge in [-0.05, 0) is 29.8 Å². The van der Waals surface area contributed by atoms with Gasteiger partial charge in [-0.3, -0.25) is 0 Å². The molecule has 1 fully saturated rings. The zero-order valence-corrected chi connectivity index (χ0v) is 18.4. The van der Waals surface area contributed by atoms with Crippen molar-refractivity contribution in [3.05, 3.63) is 83.9 Å². The smallest absolute Gasteiger partial charge is 0.243 e. The number of hydrogen-bond acceptors (Lipinski definition) is 5. The predicted molar refractivity (Wildman–Crippen MR) is 119 cm³/mol. The average molecular weight is 473 g/mol. The minimum Gasteiger partial charge on any atom is -0.486 e. The van der Waals surface area contributed by atoms with Gasteiger partial charge in [-0.1, -0.05) is 30.3 Å². The van der Waals surface area contributed by atoms with E-state index >= 15 is 0 Å². The fourth-order valence-corrected chi connectivity index (χ4v) is 5.79. The van der Waals surface area contributed by atoms with Crippen LogP contribution in [0.25, 0.3) is 0 Å². The van der Waals surface area contributed by atoms with E-state index in [-0.39, 0.29) is 29.9 Å². The van der Waals surface area contributed by atoms with Crippen molar-refractivity contribution in [3.63, 3.8) is 0 Å². The summed E-state index contributed by atoms with van der Waals surface area (Å²) in [5.74, 6) is -1.17. The lowest BCUT2D eigenvalue weighted by atomic mass is 9.94. The van der Waals surface area contributed by atoms with E-state index in [4.69, 9.17) is 9.47 Å². The minimum atomic E-state index is -3.83. The number of nitrogens with one attached hydrogen (secondary N) is 1.